The van der Waals surface area contributed by atoms with Gasteiger partial charge in [-0.2, -0.15) is 4.31 Å². The van der Waals surface area contributed by atoms with Gasteiger partial charge in [0.1, 0.15) is 0 Å². The number of nitrogens with zero attached hydrogens (tertiary/aromatic N) is 1. The van der Waals surface area contributed by atoms with Gasteiger partial charge in [0, 0.05) is 17.0 Å². The number of rotatable bonds is 4. The lowest BCUT2D eigenvalue weighted by Crippen LogP contribution is -2.63. The topological polar surface area (TPSA) is 86.7 Å². The van der Waals surface area contributed by atoms with Gasteiger partial charge in [0.25, 0.3) is 5.91 Å². The minimum atomic E-state index is -3.51. The molecule has 3 rings (SSSR count). The summed E-state index contributed by atoms with van der Waals surface area (Å²) in [6, 6.07) is 10.9. The number of sulfonamides is 1. The van der Waals surface area contributed by atoms with E-state index in [1.54, 1.807) is 31.2 Å². The van der Waals surface area contributed by atoms with Crippen LogP contribution in [-0.2, 0) is 10.0 Å². The number of amides is 1. The maximum Gasteiger partial charge on any atom is 0.251 e. The fourth-order valence-corrected chi connectivity index (χ4v) is 5.34. The van der Waals surface area contributed by atoms with Crippen LogP contribution in [0.5, 0.6) is 0 Å². The summed E-state index contributed by atoms with van der Waals surface area (Å²) in [6.07, 6.45) is 1.39. The van der Waals surface area contributed by atoms with E-state index < -0.39 is 27.7 Å². The fourth-order valence-electron chi connectivity index (χ4n) is 3.32. The zero-order valence-electron chi connectivity index (χ0n) is 14.6. The summed E-state index contributed by atoms with van der Waals surface area (Å²) in [7, 11) is -3.51. The lowest BCUT2D eigenvalue weighted by molar-refractivity contribution is -0.0409. The Bertz CT molecular complexity index is 864. The predicted octanol–water partition coefficient (Wildman–Crippen LogP) is 2.00. The Balaban J connectivity index is 2.00. The van der Waals surface area contributed by atoms with Crippen LogP contribution in [0.15, 0.2) is 47.8 Å². The first-order valence-electron chi connectivity index (χ1n) is 8.29. The van der Waals surface area contributed by atoms with E-state index >= 15 is 0 Å². The van der Waals surface area contributed by atoms with Gasteiger partial charge >= 0.3 is 0 Å². The minimum absolute atomic E-state index is 0.201. The van der Waals surface area contributed by atoms with Crippen molar-refractivity contribution in [1.82, 2.24) is 9.62 Å². The number of carbonyl (C=O) groups is 1. The Hall–Kier alpha value is -1.74. The Morgan fingerprint density at radius 2 is 1.96 bits per heavy atom. The molecule has 2 aromatic rings. The number of piperidine rings is 1. The SMILES string of the molecule is CC1(O)CCN(S(C)(=O)=O)C(c2cccs2)C1NC(=O)c1ccccc1. The molecule has 0 aliphatic carbocycles. The van der Waals surface area contributed by atoms with Crippen LogP contribution in [0, 0.1) is 0 Å². The molecule has 1 fully saturated rings. The molecule has 140 valence electrons. The van der Waals surface area contributed by atoms with Crippen LogP contribution < -0.4 is 5.32 Å². The van der Waals surface area contributed by atoms with E-state index in [-0.39, 0.29) is 18.9 Å². The number of benzene rings is 1. The summed E-state index contributed by atoms with van der Waals surface area (Å²) in [6.45, 7) is 1.84. The Kier molecular flexibility index (Phi) is 5.21. The molecule has 3 atom stereocenters. The van der Waals surface area contributed by atoms with Crippen molar-refractivity contribution in [3.8, 4) is 0 Å². The standard InChI is InChI=1S/C18H22N2O4S2/c1-18(22)10-11-20(26(2,23)24)15(14-9-6-12-25-14)16(18)19-17(21)13-7-4-3-5-8-13/h3-9,12,15-16,22H,10-11H2,1-2H3,(H,19,21). The average Bonchev–Trinajstić information content (AvgIpc) is 3.10. The van der Waals surface area contributed by atoms with Gasteiger partial charge in [-0.05, 0) is 36.9 Å². The van der Waals surface area contributed by atoms with Gasteiger partial charge in [0.2, 0.25) is 10.0 Å². The molecular formula is C18H22N2O4S2. The number of thiophene rings is 1. The quantitative estimate of drug-likeness (QED) is 0.830. The molecule has 0 saturated carbocycles. The molecule has 1 amide bonds. The molecule has 2 heterocycles. The molecule has 26 heavy (non-hydrogen) atoms. The van der Waals surface area contributed by atoms with Crippen molar-refractivity contribution in [2.45, 2.75) is 31.0 Å². The molecule has 1 aromatic carbocycles. The van der Waals surface area contributed by atoms with Crippen LogP contribution in [0.3, 0.4) is 0 Å². The lowest BCUT2D eigenvalue weighted by Gasteiger charge is -2.47. The number of hydrogen-bond donors (Lipinski definition) is 2. The third-order valence-electron chi connectivity index (χ3n) is 4.72. The molecule has 0 radical (unpaired) electrons. The van der Waals surface area contributed by atoms with Crippen LogP contribution in [0.1, 0.15) is 34.6 Å². The summed E-state index contributed by atoms with van der Waals surface area (Å²) < 4.78 is 26.0. The van der Waals surface area contributed by atoms with Crippen molar-refractivity contribution in [3.63, 3.8) is 0 Å². The van der Waals surface area contributed by atoms with E-state index in [9.17, 15) is 18.3 Å². The summed E-state index contributed by atoms with van der Waals surface area (Å²) in [4.78, 5) is 13.5. The van der Waals surface area contributed by atoms with Crippen molar-refractivity contribution in [2.24, 2.45) is 0 Å². The number of nitrogens with one attached hydrogen (secondary N) is 1. The smallest absolute Gasteiger partial charge is 0.251 e. The highest BCUT2D eigenvalue weighted by Crippen LogP contribution is 2.40. The molecule has 6 nitrogen and oxygen atoms in total. The van der Waals surface area contributed by atoms with Crippen molar-refractivity contribution in [3.05, 3.63) is 58.3 Å². The highest BCUT2D eigenvalue weighted by Gasteiger charge is 2.49. The zero-order valence-corrected chi connectivity index (χ0v) is 16.3. The summed E-state index contributed by atoms with van der Waals surface area (Å²) >= 11 is 1.41. The molecule has 0 bridgehead atoms. The van der Waals surface area contributed by atoms with Crippen LogP contribution >= 0.6 is 11.3 Å². The van der Waals surface area contributed by atoms with Crippen LogP contribution in [0.2, 0.25) is 0 Å². The first kappa shape index (κ1) is 19.0. The summed E-state index contributed by atoms with van der Waals surface area (Å²) in [5, 5.41) is 15.7. The molecule has 3 unspecified atom stereocenters. The predicted molar refractivity (Wildman–Crippen MR) is 102 cm³/mol. The number of hydrogen-bond acceptors (Lipinski definition) is 5. The summed E-state index contributed by atoms with van der Waals surface area (Å²) in [5.74, 6) is -0.340. The van der Waals surface area contributed by atoms with Gasteiger partial charge in [-0.15, -0.1) is 11.3 Å². The molecular weight excluding hydrogens is 372 g/mol. The third kappa shape index (κ3) is 3.83. The van der Waals surface area contributed by atoms with E-state index in [1.807, 2.05) is 23.6 Å². The Labute approximate surface area is 157 Å². The normalized spacial score (nSPS) is 27.2. The van der Waals surface area contributed by atoms with E-state index in [4.69, 9.17) is 0 Å². The second-order valence-corrected chi connectivity index (χ2v) is 9.67. The molecule has 8 heteroatoms. The van der Waals surface area contributed by atoms with E-state index in [1.165, 1.54) is 15.6 Å². The second kappa shape index (κ2) is 7.11. The van der Waals surface area contributed by atoms with E-state index in [0.29, 0.717) is 5.56 Å². The third-order valence-corrected chi connectivity index (χ3v) is 6.92. The van der Waals surface area contributed by atoms with E-state index in [0.717, 1.165) is 11.1 Å². The Morgan fingerprint density at radius 1 is 1.27 bits per heavy atom. The van der Waals surface area contributed by atoms with Crippen molar-refractivity contribution in [1.29, 1.82) is 0 Å². The van der Waals surface area contributed by atoms with Crippen LogP contribution in [0.25, 0.3) is 0 Å². The average molecular weight is 395 g/mol. The zero-order chi connectivity index (χ0) is 18.9. The molecule has 1 aliphatic rings. The van der Waals surface area contributed by atoms with Crippen molar-refractivity contribution in [2.75, 3.05) is 12.8 Å². The van der Waals surface area contributed by atoms with Gasteiger partial charge < -0.3 is 10.4 Å². The highest BCUT2D eigenvalue weighted by molar-refractivity contribution is 7.88. The van der Waals surface area contributed by atoms with Crippen molar-refractivity contribution < 1.29 is 18.3 Å². The second-order valence-electron chi connectivity index (χ2n) is 6.76. The Morgan fingerprint density at radius 3 is 2.54 bits per heavy atom. The largest absolute Gasteiger partial charge is 0.388 e. The molecule has 1 aliphatic heterocycles. The van der Waals surface area contributed by atoms with Gasteiger partial charge in [0.15, 0.2) is 0 Å². The maximum absolute atomic E-state index is 12.7. The van der Waals surface area contributed by atoms with Gasteiger partial charge in [0.05, 0.1) is 23.9 Å². The lowest BCUT2D eigenvalue weighted by atomic mass is 9.83. The van der Waals surface area contributed by atoms with Crippen LogP contribution in [-0.4, -0.2) is 48.2 Å². The molecule has 1 saturated heterocycles. The first-order valence-corrected chi connectivity index (χ1v) is 11.0. The molecule has 0 spiro atoms. The molecule has 1 aromatic heterocycles. The van der Waals surface area contributed by atoms with Crippen LogP contribution in [0.4, 0.5) is 0 Å². The highest BCUT2D eigenvalue weighted by atomic mass is 32.2. The number of carbonyl (C=O) groups excluding carboxylic acids is 1. The monoisotopic (exact) mass is 394 g/mol. The minimum Gasteiger partial charge on any atom is -0.388 e. The molecule has 2 N–H and O–H groups in total. The van der Waals surface area contributed by atoms with E-state index in [2.05, 4.69) is 5.32 Å². The fraction of sp³-hybridized carbons (Fsp3) is 0.389. The summed E-state index contributed by atoms with van der Waals surface area (Å²) in [5.41, 5.74) is -0.773. The first-order chi connectivity index (χ1) is 12.2. The van der Waals surface area contributed by atoms with Crippen molar-refractivity contribution >= 4 is 27.3 Å². The maximum atomic E-state index is 12.7. The van der Waals surface area contributed by atoms with Gasteiger partial charge in [-0.25, -0.2) is 8.42 Å². The van der Waals surface area contributed by atoms with Gasteiger partial charge in [-0.3, -0.25) is 4.79 Å². The number of aliphatic hydroxyl groups is 1. The van der Waals surface area contributed by atoms with Gasteiger partial charge in [-0.1, -0.05) is 24.3 Å².